The Morgan fingerprint density at radius 2 is 1.47 bits per heavy atom. The Hall–Kier alpha value is -2.43. The number of phosphoric ester groups is 1. The maximum atomic E-state index is 12.3. The molecule has 2 rings (SSSR count). The maximum absolute atomic E-state index is 12.3. The fourth-order valence-electron chi connectivity index (χ4n) is 4.03. The second-order valence-corrected chi connectivity index (χ2v) is 11.2. The third-order valence-electron chi connectivity index (χ3n) is 5.69. The molecule has 12 nitrogen and oxygen atoms in total. The van der Waals surface area contributed by atoms with Crippen molar-refractivity contribution in [2.45, 2.75) is 50.8 Å². The molecule has 0 fully saturated rings. The van der Waals surface area contributed by atoms with E-state index in [0.717, 1.165) is 24.0 Å². The number of phenols is 2. The lowest BCUT2D eigenvalue weighted by atomic mass is 9.78. The summed E-state index contributed by atoms with van der Waals surface area (Å²) in [5.41, 5.74) is 2.02. The second kappa shape index (κ2) is 12.7. The number of nitrogens with one attached hydrogen (secondary N) is 2. The van der Waals surface area contributed by atoms with Crippen molar-refractivity contribution in [2.75, 3.05) is 11.9 Å². The van der Waals surface area contributed by atoms with Crippen LogP contribution in [0.1, 0.15) is 56.1 Å². The van der Waals surface area contributed by atoms with Gasteiger partial charge in [-0.05, 0) is 60.1 Å². The lowest BCUT2D eigenvalue weighted by Crippen LogP contribution is -2.31. The first-order chi connectivity index (χ1) is 16.7. The van der Waals surface area contributed by atoms with Crippen molar-refractivity contribution in [3.63, 3.8) is 0 Å². The van der Waals surface area contributed by atoms with Gasteiger partial charge in [0, 0.05) is 13.0 Å². The second-order valence-electron chi connectivity index (χ2n) is 8.21. The minimum atomic E-state index is -5.16. The number of aromatic hydroxyl groups is 2. The number of benzene rings is 2. The van der Waals surface area contributed by atoms with Crippen LogP contribution in [-0.2, 0) is 13.7 Å². The van der Waals surface area contributed by atoms with Gasteiger partial charge in [0.1, 0.15) is 11.5 Å². The van der Waals surface area contributed by atoms with Crippen LogP contribution in [0.3, 0.4) is 0 Å². The van der Waals surface area contributed by atoms with Crippen molar-refractivity contribution in [1.82, 2.24) is 5.32 Å². The maximum Gasteiger partial charge on any atom is 0.470 e. The Morgan fingerprint density at radius 1 is 0.917 bits per heavy atom. The summed E-state index contributed by atoms with van der Waals surface area (Å²) in [4.78, 5) is 48.4. The molecule has 200 valence electrons. The van der Waals surface area contributed by atoms with Crippen molar-refractivity contribution in [3.05, 3.63) is 53.6 Å². The standard InChI is InChI=1S/C22H32N2O10P2/c1-3-17(14-5-8-16(25)9-6-14)18(4-2)15-7-10-20(26)19(13-15)24-22(27)23-12-11-21(35(28,29)30)34-36(31,32)33/h5-10,13,17-18,21,25-26H,3-4,11-12H2,1-2H3,(H2,23,24,27)(H2,28,29,30)(H2,31,32,33). The molecule has 0 aliphatic carbocycles. The molecule has 0 radical (unpaired) electrons. The summed E-state index contributed by atoms with van der Waals surface area (Å²) in [6.07, 6.45) is 1.00. The zero-order valence-corrected chi connectivity index (χ0v) is 21.6. The Morgan fingerprint density at radius 3 is 2.00 bits per heavy atom. The fourth-order valence-corrected chi connectivity index (χ4v) is 5.78. The first-order valence-electron chi connectivity index (χ1n) is 11.2. The number of hydrogen-bond acceptors (Lipinski definition) is 6. The summed E-state index contributed by atoms with van der Waals surface area (Å²) in [6.45, 7) is 3.70. The average Bonchev–Trinajstić information content (AvgIpc) is 2.78. The SMILES string of the molecule is CCC(c1ccc(O)cc1)C(CC)c1ccc(O)c(NC(=O)NCCC(OP(=O)(O)O)P(=O)(O)O)c1. The zero-order valence-electron chi connectivity index (χ0n) is 19.8. The van der Waals surface area contributed by atoms with Crippen LogP contribution in [0.15, 0.2) is 42.5 Å². The highest BCUT2D eigenvalue weighted by Gasteiger charge is 2.35. The van der Waals surface area contributed by atoms with Gasteiger partial charge in [-0.1, -0.05) is 32.0 Å². The number of carbonyl (C=O) groups excluding carboxylic acids is 1. The third kappa shape index (κ3) is 8.90. The number of urea groups is 1. The van der Waals surface area contributed by atoms with Crippen LogP contribution in [0.25, 0.3) is 0 Å². The van der Waals surface area contributed by atoms with Gasteiger partial charge in [-0.15, -0.1) is 0 Å². The van der Waals surface area contributed by atoms with Crippen LogP contribution in [0.4, 0.5) is 10.5 Å². The van der Waals surface area contributed by atoms with Crippen molar-refractivity contribution < 1.29 is 48.2 Å². The van der Waals surface area contributed by atoms with E-state index in [-0.39, 0.29) is 35.6 Å². The van der Waals surface area contributed by atoms with Crippen LogP contribution in [-0.4, -0.2) is 48.2 Å². The highest BCUT2D eigenvalue weighted by molar-refractivity contribution is 7.53. The summed E-state index contributed by atoms with van der Waals surface area (Å²) >= 11 is 0. The largest absolute Gasteiger partial charge is 0.508 e. The lowest BCUT2D eigenvalue weighted by Gasteiger charge is -2.27. The topological polar surface area (TPSA) is 206 Å². The molecule has 8 N–H and O–H groups in total. The van der Waals surface area contributed by atoms with Crippen LogP contribution in [0.5, 0.6) is 11.5 Å². The molecule has 0 aliphatic rings. The summed E-state index contributed by atoms with van der Waals surface area (Å²) in [5.74, 6) is -1.98. The van der Waals surface area contributed by atoms with Gasteiger partial charge in [-0.2, -0.15) is 0 Å². The number of anilines is 1. The Labute approximate surface area is 208 Å². The Balaban J connectivity index is 2.12. The van der Waals surface area contributed by atoms with Gasteiger partial charge in [0.05, 0.1) is 5.69 Å². The Bertz CT molecular complexity index is 1120. The van der Waals surface area contributed by atoms with E-state index in [9.17, 15) is 33.9 Å². The van der Waals surface area contributed by atoms with Gasteiger partial charge in [-0.25, -0.2) is 9.36 Å². The number of phenolic OH excluding ortho intramolecular Hbond substituents is 2. The van der Waals surface area contributed by atoms with E-state index < -0.39 is 33.7 Å². The molecule has 0 spiro atoms. The quantitative estimate of drug-likeness (QED) is 0.142. The summed E-state index contributed by atoms with van der Waals surface area (Å²) in [7, 11) is -10.2. The minimum absolute atomic E-state index is 0.0394. The summed E-state index contributed by atoms with van der Waals surface area (Å²) in [6, 6.07) is 11.0. The molecule has 3 unspecified atom stereocenters. The monoisotopic (exact) mass is 546 g/mol. The predicted molar refractivity (Wildman–Crippen MR) is 133 cm³/mol. The average molecular weight is 546 g/mol. The van der Waals surface area contributed by atoms with Crippen LogP contribution in [0.2, 0.25) is 0 Å². The smallest absolute Gasteiger partial charge is 0.470 e. The van der Waals surface area contributed by atoms with E-state index in [1.165, 1.54) is 6.07 Å². The molecule has 2 aromatic carbocycles. The predicted octanol–water partition coefficient (Wildman–Crippen LogP) is 3.91. The molecule has 0 aromatic heterocycles. The molecule has 0 aliphatic heterocycles. The number of hydrogen-bond donors (Lipinski definition) is 8. The van der Waals surface area contributed by atoms with Crippen LogP contribution < -0.4 is 10.6 Å². The van der Waals surface area contributed by atoms with Crippen LogP contribution in [0, 0.1) is 0 Å². The van der Waals surface area contributed by atoms with Crippen molar-refractivity contribution in [3.8, 4) is 11.5 Å². The van der Waals surface area contributed by atoms with E-state index >= 15 is 0 Å². The van der Waals surface area contributed by atoms with E-state index in [1.807, 2.05) is 26.0 Å². The van der Waals surface area contributed by atoms with Gasteiger partial charge < -0.3 is 40.4 Å². The fraction of sp³-hybridized carbons (Fsp3) is 0.409. The summed E-state index contributed by atoms with van der Waals surface area (Å²) in [5, 5.41) is 24.6. The summed E-state index contributed by atoms with van der Waals surface area (Å²) < 4.78 is 26.5. The molecule has 2 aromatic rings. The molecular weight excluding hydrogens is 514 g/mol. The van der Waals surface area contributed by atoms with Crippen molar-refractivity contribution >= 4 is 27.1 Å². The number of amides is 2. The first-order valence-corrected chi connectivity index (χ1v) is 14.4. The Kier molecular flexibility index (Phi) is 10.5. The normalized spacial score (nSPS) is 14.6. The molecule has 0 heterocycles. The first kappa shape index (κ1) is 29.8. The molecule has 0 bridgehead atoms. The zero-order chi connectivity index (χ0) is 27.1. The molecule has 0 saturated heterocycles. The van der Waals surface area contributed by atoms with E-state index in [0.29, 0.717) is 0 Å². The number of carbonyl (C=O) groups is 1. The van der Waals surface area contributed by atoms with Gasteiger partial charge in [-0.3, -0.25) is 9.09 Å². The highest BCUT2D eigenvalue weighted by Crippen LogP contribution is 2.51. The third-order valence-corrected chi connectivity index (χ3v) is 7.50. The van der Waals surface area contributed by atoms with E-state index in [2.05, 4.69) is 15.2 Å². The van der Waals surface area contributed by atoms with Gasteiger partial charge in [0.15, 0.2) is 5.85 Å². The van der Waals surface area contributed by atoms with Crippen molar-refractivity contribution in [2.24, 2.45) is 0 Å². The molecule has 14 heteroatoms. The van der Waals surface area contributed by atoms with E-state index in [4.69, 9.17) is 9.79 Å². The number of phosphoric acid groups is 1. The van der Waals surface area contributed by atoms with Crippen molar-refractivity contribution in [1.29, 1.82) is 0 Å². The highest BCUT2D eigenvalue weighted by atomic mass is 31.2. The van der Waals surface area contributed by atoms with Crippen LogP contribution >= 0.6 is 15.4 Å². The van der Waals surface area contributed by atoms with Gasteiger partial charge >= 0.3 is 21.4 Å². The lowest BCUT2D eigenvalue weighted by molar-refractivity contribution is 0.149. The van der Waals surface area contributed by atoms with Gasteiger partial charge in [0.25, 0.3) is 0 Å². The molecule has 3 atom stereocenters. The van der Waals surface area contributed by atoms with Gasteiger partial charge in [0.2, 0.25) is 0 Å². The minimum Gasteiger partial charge on any atom is -0.508 e. The molecule has 2 amide bonds. The van der Waals surface area contributed by atoms with E-state index in [1.54, 1.807) is 24.3 Å². The number of rotatable bonds is 12. The molecule has 0 saturated carbocycles. The molecular formula is C22H32N2O10P2. The molecule has 36 heavy (non-hydrogen) atoms.